The van der Waals surface area contributed by atoms with Crippen molar-refractivity contribution in [2.45, 2.75) is 25.3 Å². The molecule has 1 atom stereocenters. The molecule has 0 saturated carbocycles. The number of carbonyl (C=O) groups is 1. The molecule has 21 heavy (non-hydrogen) atoms. The van der Waals surface area contributed by atoms with Crippen molar-refractivity contribution in [1.29, 1.82) is 0 Å². The summed E-state index contributed by atoms with van der Waals surface area (Å²) in [5.41, 5.74) is -1.83. The Hall–Kier alpha value is -2.09. The van der Waals surface area contributed by atoms with Crippen LogP contribution in [0.5, 0.6) is 0 Å². The van der Waals surface area contributed by atoms with E-state index in [1.54, 1.807) is 0 Å². The van der Waals surface area contributed by atoms with E-state index < -0.39 is 33.7 Å². The van der Waals surface area contributed by atoms with Gasteiger partial charge < -0.3 is 10.6 Å². The number of rotatable bonds is 5. The van der Waals surface area contributed by atoms with Crippen LogP contribution in [0.3, 0.4) is 0 Å². The maximum atomic E-state index is 13.8. The molecule has 6 nitrogen and oxygen atoms in total. The lowest BCUT2D eigenvalue weighted by Gasteiger charge is -2.11. The molecule has 0 aromatic heterocycles. The average molecular weight is 299 g/mol. The molecule has 2 rings (SSSR count). The predicted octanol–water partition coefficient (Wildman–Crippen LogP) is 1.74. The van der Waals surface area contributed by atoms with Crippen molar-refractivity contribution in [3.05, 3.63) is 39.4 Å². The molecule has 2 N–H and O–H groups in total. The fraction of sp³-hybridized carbons (Fsp3) is 0.462. The molecule has 0 unspecified atom stereocenters. The van der Waals surface area contributed by atoms with Crippen LogP contribution >= 0.6 is 0 Å². The van der Waals surface area contributed by atoms with Gasteiger partial charge in [-0.25, -0.2) is 4.39 Å². The minimum absolute atomic E-state index is 0.248. The number of carbonyl (C=O) groups excluding carboxylic acids is 1. The van der Waals surface area contributed by atoms with Crippen LogP contribution in [0.25, 0.3) is 0 Å². The first-order chi connectivity index (χ1) is 10.0. The van der Waals surface area contributed by atoms with Crippen LogP contribution in [-0.4, -0.2) is 30.0 Å². The first-order valence-electron chi connectivity index (χ1n) is 6.64. The van der Waals surface area contributed by atoms with Gasteiger partial charge in [0.1, 0.15) is 11.4 Å². The molecule has 1 aromatic rings. The molecular formula is C13H15F2N3O3. The van der Waals surface area contributed by atoms with E-state index in [4.69, 9.17) is 0 Å². The number of nitrogens with zero attached hydrogens (tertiary/aromatic N) is 1. The second kappa shape index (κ2) is 6.57. The maximum absolute atomic E-state index is 13.8. The minimum Gasteiger partial charge on any atom is -0.352 e. The number of amides is 1. The Morgan fingerprint density at radius 3 is 2.86 bits per heavy atom. The molecule has 1 aliphatic rings. The van der Waals surface area contributed by atoms with E-state index in [0.717, 1.165) is 19.4 Å². The van der Waals surface area contributed by atoms with Gasteiger partial charge in [-0.3, -0.25) is 14.9 Å². The topological polar surface area (TPSA) is 84.3 Å². The lowest BCUT2D eigenvalue weighted by molar-refractivity contribution is -0.387. The number of nitro benzene ring substituents is 1. The summed E-state index contributed by atoms with van der Waals surface area (Å²) in [5, 5.41) is 16.2. The first kappa shape index (κ1) is 15.3. The number of benzene rings is 1. The molecule has 1 heterocycles. The molecule has 1 fully saturated rings. The molecular weight excluding hydrogens is 284 g/mol. The lowest BCUT2D eigenvalue weighted by Crippen LogP contribution is -2.31. The largest absolute Gasteiger partial charge is 0.352 e. The summed E-state index contributed by atoms with van der Waals surface area (Å²) in [6.07, 6.45) is 2.70. The normalized spacial score (nSPS) is 17.7. The fourth-order valence-electron chi connectivity index (χ4n) is 2.34. The molecule has 8 heteroatoms. The Kier molecular flexibility index (Phi) is 4.79. The molecule has 1 aliphatic heterocycles. The summed E-state index contributed by atoms with van der Waals surface area (Å²) in [4.78, 5) is 21.4. The van der Waals surface area contributed by atoms with Crippen LogP contribution < -0.4 is 10.6 Å². The third-order valence-corrected chi connectivity index (χ3v) is 3.44. The highest BCUT2D eigenvalue weighted by Crippen LogP contribution is 2.23. The van der Waals surface area contributed by atoms with E-state index in [1.807, 2.05) is 0 Å². The quantitative estimate of drug-likeness (QED) is 0.641. The van der Waals surface area contributed by atoms with Crippen LogP contribution in [-0.2, 0) is 0 Å². The fourth-order valence-corrected chi connectivity index (χ4v) is 2.34. The summed E-state index contributed by atoms with van der Waals surface area (Å²) >= 11 is 0. The first-order valence-corrected chi connectivity index (χ1v) is 6.64. The van der Waals surface area contributed by atoms with Gasteiger partial charge in [-0.2, -0.15) is 4.39 Å². The van der Waals surface area contributed by atoms with Gasteiger partial charge >= 0.3 is 5.69 Å². The Bertz CT molecular complexity index is 560. The van der Waals surface area contributed by atoms with Crippen molar-refractivity contribution < 1.29 is 18.5 Å². The Balaban J connectivity index is 2.04. The second-order valence-corrected chi connectivity index (χ2v) is 4.85. The molecule has 0 bridgehead atoms. The van der Waals surface area contributed by atoms with Crippen LogP contribution in [0, 0.1) is 21.7 Å². The Morgan fingerprint density at radius 1 is 1.48 bits per heavy atom. The van der Waals surface area contributed by atoms with Gasteiger partial charge in [0.15, 0.2) is 0 Å². The van der Waals surface area contributed by atoms with E-state index >= 15 is 0 Å². The highest BCUT2D eigenvalue weighted by atomic mass is 19.1. The average Bonchev–Trinajstić information content (AvgIpc) is 2.91. The van der Waals surface area contributed by atoms with Crippen molar-refractivity contribution >= 4 is 11.6 Å². The molecule has 0 spiro atoms. The molecule has 0 aliphatic carbocycles. The number of nitro groups is 1. The standard InChI is InChI=1S/C13H15F2N3O3/c14-9-3-4-10(18(20)21)12(15)11(9)13(19)17-7-5-8-2-1-6-16-8/h3-4,8,16H,1-2,5-7H2,(H,17,19)/t8-/m0/s1. The third-order valence-electron chi connectivity index (χ3n) is 3.44. The highest BCUT2D eigenvalue weighted by molar-refractivity contribution is 5.95. The summed E-state index contributed by atoms with van der Waals surface area (Å²) in [6, 6.07) is 1.70. The van der Waals surface area contributed by atoms with Gasteiger partial charge in [-0.15, -0.1) is 0 Å². The van der Waals surface area contributed by atoms with Crippen molar-refractivity contribution in [2.24, 2.45) is 0 Å². The van der Waals surface area contributed by atoms with Crippen LogP contribution in [0.1, 0.15) is 29.6 Å². The van der Waals surface area contributed by atoms with Gasteiger partial charge in [0.2, 0.25) is 5.82 Å². The SMILES string of the molecule is O=C(NCC[C@@H]1CCCN1)c1c(F)ccc([N+](=O)[O-])c1F. The zero-order valence-electron chi connectivity index (χ0n) is 11.2. The molecule has 1 aromatic carbocycles. The van der Waals surface area contributed by atoms with Crippen molar-refractivity contribution in [1.82, 2.24) is 10.6 Å². The Labute approximate surface area is 119 Å². The maximum Gasteiger partial charge on any atom is 0.305 e. The predicted molar refractivity (Wildman–Crippen MR) is 71.0 cm³/mol. The van der Waals surface area contributed by atoms with Gasteiger partial charge in [-0.05, 0) is 31.9 Å². The molecule has 114 valence electrons. The molecule has 1 saturated heterocycles. The third kappa shape index (κ3) is 3.52. The van der Waals surface area contributed by atoms with Crippen molar-refractivity contribution in [3.8, 4) is 0 Å². The van der Waals surface area contributed by atoms with Gasteiger partial charge in [0.05, 0.1) is 4.92 Å². The molecule has 1 amide bonds. The summed E-state index contributed by atoms with van der Waals surface area (Å²) < 4.78 is 27.3. The van der Waals surface area contributed by atoms with Gasteiger partial charge in [0.25, 0.3) is 5.91 Å². The van der Waals surface area contributed by atoms with E-state index in [0.29, 0.717) is 18.6 Å². The van der Waals surface area contributed by atoms with Gasteiger partial charge in [0, 0.05) is 18.7 Å². The lowest BCUT2D eigenvalue weighted by atomic mass is 10.1. The summed E-state index contributed by atoms with van der Waals surface area (Å²) in [6.45, 7) is 1.17. The van der Waals surface area contributed by atoms with Crippen LogP contribution in [0.2, 0.25) is 0 Å². The van der Waals surface area contributed by atoms with Crippen molar-refractivity contribution in [3.63, 3.8) is 0 Å². The zero-order valence-corrected chi connectivity index (χ0v) is 11.2. The zero-order chi connectivity index (χ0) is 15.4. The Morgan fingerprint density at radius 2 is 2.24 bits per heavy atom. The molecule has 0 radical (unpaired) electrons. The summed E-state index contributed by atoms with van der Waals surface area (Å²) in [7, 11) is 0. The highest BCUT2D eigenvalue weighted by Gasteiger charge is 2.26. The van der Waals surface area contributed by atoms with E-state index in [9.17, 15) is 23.7 Å². The number of nitrogens with one attached hydrogen (secondary N) is 2. The van der Waals surface area contributed by atoms with Crippen LogP contribution in [0.15, 0.2) is 12.1 Å². The van der Waals surface area contributed by atoms with E-state index in [2.05, 4.69) is 10.6 Å². The van der Waals surface area contributed by atoms with Crippen molar-refractivity contribution in [2.75, 3.05) is 13.1 Å². The monoisotopic (exact) mass is 299 g/mol. The van der Waals surface area contributed by atoms with Crippen LogP contribution in [0.4, 0.5) is 14.5 Å². The summed E-state index contributed by atoms with van der Waals surface area (Å²) in [5.74, 6) is -3.54. The number of hydrogen-bond acceptors (Lipinski definition) is 4. The minimum atomic E-state index is -1.45. The van der Waals surface area contributed by atoms with Gasteiger partial charge in [-0.1, -0.05) is 0 Å². The van der Waals surface area contributed by atoms with E-state index in [-0.39, 0.29) is 12.6 Å². The number of hydrogen-bond donors (Lipinski definition) is 2. The second-order valence-electron chi connectivity index (χ2n) is 4.85. The van der Waals surface area contributed by atoms with E-state index in [1.165, 1.54) is 0 Å². The smallest absolute Gasteiger partial charge is 0.305 e. The number of halogens is 2.